The van der Waals surface area contributed by atoms with Crippen molar-refractivity contribution in [3.63, 3.8) is 0 Å². The topological polar surface area (TPSA) is 32.6 Å². The van der Waals surface area contributed by atoms with Crippen molar-refractivity contribution in [2.75, 3.05) is 0 Å². The van der Waals surface area contributed by atoms with Gasteiger partial charge in [0.15, 0.2) is 0 Å². The second kappa shape index (κ2) is 4.17. The number of phenolic OH excluding ortho intramolecular Hbond substituents is 1. The smallest absolute Gasteiger partial charge is 0.144 e. The van der Waals surface area contributed by atoms with Gasteiger partial charge in [0.05, 0.1) is 0 Å². The number of aromatic hydroxyl groups is 1. The fourth-order valence-corrected chi connectivity index (χ4v) is 1.74. The molecule has 0 saturated heterocycles. The standard InChI is InChI=1S/C15H23NO/c1-14(2,3)10-8-11(15(4,5)6)13(17)12(9-10)16-7/h8-9,17H,7H2,1-6H3. The summed E-state index contributed by atoms with van der Waals surface area (Å²) in [6, 6.07) is 3.99. The van der Waals surface area contributed by atoms with Crippen LogP contribution in [0, 0.1) is 0 Å². The van der Waals surface area contributed by atoms with Gasteiger partial charge in [-0.1, -0.05) is 47.6 Å². The Labute approximate surface area is 104 Å². The maximum atomic E-state index is 10.2. The Morgan fingerprint density at radius 2 is 1.53 bits per heavy atom. The van der Waals surface area contributed by atoms with Crippen LogP contribution in [0.1, 0.15) is 52.7 Å². The summed E-state index contributed by atoms with van der Waals surface area (Å²) >= 11 is 0. The van der Waals surface area contributed by atoms with Crippen LogP contribution < -0.4 is 0 Å². The highest BCUT2D eigenvalue weighted by Crippen LogP contribution is 2.41. The fraction of sp³-hybridized carbons (Fsp3) is 0.533. The number of hydrogen-bond donors (Lipinski definition) is 1. The second-order valence-corrected chi connectivity index (χ2v) is 6.55. The maximum absolute atomic E-state index is 10.2. The zero-order chi connectivity index (χ0) is 13.4. The van der Waals surface area contributed by atoms with Crippen molar-refractivity contribution in [1.29, 1.82) is 0 Å². The third-order valence-corrected chi connectivity index (χ3v) is 2.93. The Hall–Kier alpha value is -1.31. The maximum Gasteiger partial charge on any atom is 0.144 e. The summed E-state index contributed by atoms with van der Waals surface area (Å²) in [6.45, 7) is 16.2. The van der Waals surface area contributed by atoms with Gasteiger partial charge in [0.2, 0.25) is 0 Å². The van der Waals surface area contributed by atoms with E-state index < -0.39 is 0 Å². The molecule has 0 aliphatic rings. The predicted molar refractivity (Wildman–Crippen MR) is 74.7 cm³/mol. The first-order valence-corrected chi connectivity index (χ1v) is 5.92. The van der Waals surface area contributed by atoms with Crippen LogP contribution in [-0.4, -0.2) is 11.8 Å². The highest BCUT2D eigenvalue weighted by atomic mass is 16.3. The summed E-state index contributed by atoms with van der Waals surface area (Å²) in [5.41, 5.74) is 2.59. The highest BCUT2D eigenvalue weighted by Gasteiger charge is 2.24. The third-order valence-electron chi connectivity index (χ3n) is 2.93. The van der Waals surface area contributed by atoms with Crippen molar-refractivity contribution in [2.24, 2.45) is 4.99 Å². The summed E-state index contributed by atoms with van der Waals surface area (Å²) in [5.74, 6) is 0.250. The first-order chi connectivity index (χ1) is 7.57. The Morgan fingerprint density at radius 3 is 1.88 bits per heavy atom. The summed E-state index contributed by atoms with van der Waals surface area (Å²) in [6.07, 6.45) is 0. The Kier molecular flexibility index (Phi) is 3.37. The molecule has 0 saturated carbocycles. The van der Waals surface area contributed by atoms with Crippen LogP contribution in [0.5, 0.6) is 5.75 Å². The van der Waals surface area contributed by atoms with Crippen molar-refractivity contribution < 1.29 is 5.11 Å². The van der Waals surface area contributed by atoms with Gasteiger partial charge < -0.3 is 5.11 Å². The number of nitrogens with zero attached hydrogens (tertiary/aromatic N) is 1. The van der Waals surface area contributed by atoms with Crippen LogP contribution in [-0.2, 0) is 10.8 Å². The fourth-order valence-electron chi connectivity index (χ4n) is 1.74. The lowest BCUT2D eigenvalue weighted by molar-refractivity contribution is 0.446. The van der Waals surface area contributed by atoms with E-state index in [1.165, 1.54) is 5.56 Å². The highest BCUT2D eigenvalue weighted by molar-refractivity contribution is 5.62. The lowest BCUT2D eigenvalue weighted by atomic mass is 9.80. The monoisotopic (exact) mass is 233 g/mol. The van der Waals surface area contributed by atoms with E-state index >= 15 is 0 Å². The zero-order valence-corrected chi connectivity index (χ0v) is 11.8. The van der Waals surface area contributed by atoms with Crippen LogP contribution in [0.2, 0.25) is 0 Å². The summed E-state index contributed by atoms with van der Waals surface area (Å²) < 4.78 is 0. The van der Waals surface area contributed by atoms with Crippen molar-refractivity contribution >= 4 is 12.4 Å². The molecule has 17 heavy (non-hydrogen) atoms. The van der Waals surface area contributed by atoms with E-state index in [9.17, 15) is 5.11 Å². The van der Waals surface area contributed by atoms with Gasteiger partial charge in [-0.25, -0.2) is 0 Å². The van der Waals surface area contributed by atoms with Crippen LogP contribution in [0.4, 0.5) is 5.69 Å². The molecule has 1 aromatic carbocycles. The van der Waals surface area contributed by atoms with E-state index in [4.69, 9.17) is 0 Å². The average molecular weight is 233 g/mol. The van der Waals surface area contributed by atoms with Crippen molar-refractivity contribution in [3.05, 3.63) is 23.3 Å². The SMILES string of the molecule is C=Nc1cc(C(C)(C)C)cc(C(C)(C)C)c1O. The predicted octanol–water partition coefficient (Wildman–Crippen LogP) is 4.32. The van der Waals surface area contributed by atoms with E-state index in [-0.39, 0.29) is 16.6 Å². The van der Waals surface area contributed by atoms with Gasteiger partial charge in [0, 0.05) is 5.56 Å². The van der Waals surface area contributed by atoms with Crippen molar-refractivity contribution in [3.8, 4) is 5.75 Å². The quantitative estimate of drug-likeness (QED) is 0.720. The van der Waals surface area contributed by atoms with E-state index in [2.05, 4.69) is 59.3 Å². The van der Waals surface area contributed by atoms with E-state index in [0.717, 1.165) is 5.56 Å². The average Bonchev–Trinajstić information content (AvgIpc) is 2.14. The molecule has 0 atom stereocenters. The number of aliphatic imine (C=N–C) groups is 1. The molecular weight excluding hydrogens is 210 g/mol. The molecule has 1 N–H and O–H groups in total. The molecule has 94 valence electrons. The number of hydrogen-bond acceptors (Lipinski definition) is 2. The van der Waals surface area contributed by atoms with Crippen LogP contribution in [0.3, 0.4) is 0 Å². The molecule has 0 heterocycles. The minimum absolute atomic E-state index is 0.0349. The molecule has 0 radical (unpaired) electrons. The first-order valence-electron chi connectivity index (χ1n) is 5.92. The Bertz CT molecular complexity index is 433. The summed E-state index contributed by atoms with van der Waals surface area (Å²) in [5, 5.41) is 10.2. The lowest BCUT2D eigenvalue weighted by Crippen LogP contribution is -2.16. The van der Waals surface area contributed by atoms with Gasteiger partial charge in [-0.3, -0.25) is 4.99 Å². The van der Waals surface area contributed by atoms with Crippen molar-refractivity contribution in [1.82, 2.24) is 0 Å². The molecule has 0 aliphatic heterocycles. The molecule has 1 rings (SSSR count). The number of phenols is 1. The molecule has 0 unspecified atom stereocenters. The van der Waals surface area contributed by atoms with Crippen LogP contribution in [0.25, 0.3) is 0 Å². The molecular formula is C15H23NO. The van der Waals surface area contributed by atoms with E-state index in [0.29, 0.717) is 5.69 Å². The minimum atomic E-state index is -0.106. The van der Waals surface area contributed by atoms with E-state index in [1.54, 1.807) is 0 Å². The van der Waals surface area contributed by atoms with Gasteiger partial charge in [-0.05, 0) is 29.2 Å². The van der Waals surface area contributed by atoms with E-state index in [1.807, 2.05) is 6.07 Å². The lowest BCUT2D eigenvalue weighted by Gasteiger charge is -2.26. The minimum Gasteiger partial charge on any atom is -0.505 e. The molecule has 0 bridgehead atoms. The molecule has 2 nitrogen and oxygen atoms in total. The van der Waals surface area contributed by atoms with Crippen LogP contribution in [0.15, 0.2) is 17.1 Å². The second-order valence-electron chi connectivity index (χ2n) is 6.55. The Morgan fingerprint density at radius 1 is 1.00 bits per heavy atom. The van der Waals surface area contributed by atoms with Gasteiger partial charge >= 0.3 is 0 Å². The molecule has 2 heteroatoms. The van der Waals surface area contributed by atoms with Gasteiger partial charge in [0.1, 0.15) is 11.4 Å². The molecule has 0 spiro atoms. The molecule has 0 aromatic heterocycles. The van der Waals surface area contributed by atoms with Gasteiger partial charge in [-0.15, -0.1) is 0 Å². The molecule has 0 amide bonds. The Balaban J connectivity index is 3.56. The number of rotatable bonds is 1. The largest absolute Gasteiger partial charge is 0.505 e. The zero-order valence-electron chi connectivity index (χ0n) is 11.8. The van der Waals surface area contributed by atoms with Crippen LogP contribution >= 0.6 is 0 Å². The normalized spacial score (nSPS) is 12.6. The third kappa shape index (κ3) is 2.87. The van der Waals surface area contributed by atoms with Gasteiger partial charge in [0.25, 0.3) is 0 Å². The van der Waals surface area contributed by atoms with Gasteiger partial charge in [-0.2, -0.15) is 0 Å². The summed E-state index contributed by atoms with van der Waals surface area (Å²) in [7, 11) is 0. The molecule has 0 fully saturated rings. The number of benzene rings is 1. The molecule has 1 aromatic rings. The van der Waals surface area contributed by atoms with Crippen molar-refractivity contribution in [2.45, 2.75) is 52.4 Å². The first kappa shape index (κ1) is 13.8. The summed E-state index contributed by atoms with van der Waals surface area (Å²) in [4.78, 5) is 3.92. The molecule has 0 aliphatic carbocycles.